The van der Waals surface area contributed by atoms with E-state index in [1.807, 2.05) is 6.92 Å². The van der Waals surface area contributed by atoms with E-state index in [4.69, 9.17) is 0 Å². The van der Waals surface area contributed by atoms with Crippen LogP contribution in [0.5, 0.6) is 0 Å². The summed E-state index contributed by atoms with van der Waals surface area (Å²) in [5.74, 6) is -1.22. The molecule has 2 aromatic rings. The van der Waals surface area contributed by atoms with Crippen molar-refractivity contribution >= 4 is 17.7 Å². The first-order valence-electron chi connectivity index (χ1n) is 9.70. The molecule has 0 bridgehead atoms. The largest absolute Gasteiger partial charge is 0.345 e. The topological polar surface area (TPSA) is 108 Å². The molecule has 1 aliphatic heterocycles. The van der Waals surface area contributed by atoms with Crippen LogP contribution in [0.25, 0.3) is 5.69 Å². The number of aryl methyl sites for hydroxylation is 1. The van der Waals surface area contributed by atoms with E-state index < -0.39 is 11.8 Å². The van der Waals surface area contributed by atoms with Gasteiger partial charge in [0, 0.05) is 49.7 Å². The minimum Gasteiger partial charge on any atom is -0.345 e. The second kappa shape index (κ2) is 7.57. The van der Waals surface area contributed by atoms with Crippen molar-refractivity contribution in [3.63, 3.8) is 0 Å². The summed E-state index contributed by atoms with van der Waals surface area (Å²) in [6.45, 7) is 3.23. The average molecular weight is 397 g/mol. The van der Waals surface area contributed by atoms with Crippen LogP contribution in [-0.4, -0.2) is 69.3 Å². The predicted molar refractivity (Wildman–Crippen MR) is 105 cm³/mol. The van der Waals surface area contributed by atoms with E-state index >= 15 is 0 Å². The number of amides is 3. The smallest absolute Gasteiger partial charge is 0.330 e. The van der Waals surface area contributed by atoms with Crippen LogP contribution in [0.4, 0.5) is 0 Å². The normalized spacial score (nSPS) is 16.6. The number of aromatic nitrogens is 2. The van der Waals surface area contributed by atoms with E-state index in [2.05, 4.69) is 10.3 Å². The van der Waals surface area contributed by atoms with Gasteiger partial charge in [0.25, 0.3) is 5.91 Å². The first kappa shape index (κ1) is 19.0. The molecule has 9 heteroatoms. The monoisotopic (exact) mass is 397 g/mol. The summed E-state index contributed by atoms with van der Waals surface area (Å²) in [7, 11) is 0. The van der Waals surface area contributed by atoms with Gasteiger partial charge in [0.1, 0.15) is 0 Å². The molecule has 1 saturated heterocycles. The zero-order chi connectivity index (χ0) is 20.5. The standard InChI is InChI=1S/C20H23N5O4/c1-13-12-21-20(29)25(13)16-6-2-14(3-7-16)18(27)23-8-10-24(11-9-23)19(28)17(26)22-15-4-5-15/h2-3,6-7,12,15H,4-5,8-11H2,1H3,(H,21,29)(H,22,26). The van der Waals surface area contributed by atoms with Crippen LogP contribution in [0, 0.1) is 6.92 Å². The number of hydrogen-bond acceptors (Lipinski definition) is 4. The van der Waals surface area contributed by atoms with Crippen LogP contribution in [0.2, 0.25) is 0 Å². The van der Waals surface area contributed by atoms with Crippen LogP contribution in [0.15, 0.2) is 35.3 Å². The van der Waals surface area contributed by atoms with Crippen LogP contribution >= 0.6 is 0 Å². The van der Waals surface area contributed by atoms with E-state index in [0.717, 1.165) is 18.5 Å². The molecule has 0 atom stereocenters. The second-order valence-corrected chi connectivity index (χ2v) is 7.45. The number of piperazine rings is 1. The van der Waals surface area contributed by atoms with E-state index in [9.17, 15) is 19.2 Å². The van der Waals surface area contributed by atoms with Crippen molar-refractivity contribution in [2.75, 3.05) is 26.2 Å². The summed E-state index contributed by atoms with van der Waals surface area (Å²) in [4.78, 5) is 54.5. The maximum atomic E-state index is 12.8. The summed E-state index contributed by atoms with van der Waals surface area (Å²) in [6, 6.07) is 6.99. The third-order valence-electron chi connectivity index (χ3n) is 5.29. The van der Waals surface area contributed by atoms with Gasteiger partial charge in [-0.1, -0.05) is 0 Å². The molecule has 0 unspecified atom stereocenters. The first-order valence-corrected chi connectivity index (χ1v) is 9.70. The minimum absolute atomic E-state index is 0.135. The fourth-order valence-electron chi connectivity index (χ4n) is 3.44. The Labute approximate surface area is 167 Å². The third kappa shape index (κ3) is 3.94. The van der Waals surface area contributed by atoms with Gasteiger partial charge < -0.3 is 20.1 Å². The summed E-state index contributed by atoms with van der Waals surface area (Å²) in [5, 5.41) is 2.70. The van der Waals surface area contributed by atoms with Gasteiger partial charge in [-0.05, 0) is 44.0 Å². The van der Waals surface area contributed by atoms with Crippen molar-refractivity contribution in [3.05, 3.63) is 52.2 Å². The van der Waals surface area contributed by atoms with Gasteiger partial charge in [0.05, 0.1) is 5.69 Å². The lowest BCUT2D eigenvalue weighted by Crippen LogP contribution is -2.54. The molecule has 3 amide bonds. The summed E-state index contributed by atoms with van der Waals surface area (Å²) in [5.41, 5.74) is 1.75. The second-order valence-electron chi connectivity index (χ2n) is 7.45. The van der Waals surface area contributed by atoms with Crippen molar-refractivity contribution in [1.82, 2.24) is 24.7 Å². The number of hydrogen-bond donors (Lipinski definition) is 2. The quantitative estimate of drug-likeness (QED) is 0.713. The molecule has 1 aromatic heterocycles. The van der Waals surface area contributed by atoms with E-state index in [-0.39, 0.29) is 17.6 Å². The first-order chi connectivity index (χ1) is 13.9. The fraction of sp³-hybridized carbons (Fsp3) is 0.400. The zero-order valence-corrected chi connectivity index (χ0v) is 16.2. The summed E-state index contributed by atoms with van der Waals surface area (Å²) in [6.07, 6.45) is 3.49. The molecule has 2 fully saturated rings. The molecule has 0 spiro atoms. The Balaban J connectivity index is 1.36. The number of aromatic amines is 1. The van der Waals surface area contributed by atoms with Gasteiger partial charge in [-0.15, -0.1) is 0 Å². The number of carbonyl (C=O) groups is 3. The van der Waals surface area contributed by atoms with Gasteiger partial charge in [-0.2, -0.15) is 0 Å². The number of nitrogens with zero attached hydrogens (tertiary/aromatic N) is 3. The van der Waals surface area contributed by atoms with Crippen LogP contribution < -0.4 is 11.0 Å². The maximum absolute atomic E-state index is 12.8. The lowest BCUT2D eigenvalue weighted by Gasteiger charge is -2.34. The Morgan fingerprint density at radius 2 is 1.62 bits per heavy atom. The van der Waals surface area contributed by atoms with Gasteiger partial charge in [-0.25, -0.2) is 4.79 Å². The molecule has 0 radical (unpaired) electrons. The molecule has 2 heterocycles. The van der Waals surface area contributed by atoms with Crippen LogP contribution in [-0.2, 0) is 9.59 Å². The van der Waals surface area contributed by atoms with Gasteiger partial charge in [0.15, 0.2) is 0 Å². The van der Waals surface area contributed by atoms with Gasteiger partial charge in [0.2, 0.25) is 0 Å². The molecule has 2 aliphatic rings. The fourth-order valence-corrected chi connectivity index (χ4v) is 3.44. The number of nitrogens with one attached hydrogen (secondary N) is 2. The molecule has 4 rings (SSSR count). The average Bonchev–Trinajstić information content (AvgIpc) is 3.49. The molecule has 1 aliphatic carbocycles. The number of imidazole rings is 1. The number of benzene rings is 1. The summed E-state index contributed by atoms with van der Waals surface area (Å²) < 4.78 is 1.53. The molecule has 152 valence electrons. The molecule has 29 heavy (non-hydrogen) atoms. The molecule has 9 nitrogen and oxygen atoms in total. The highest BCUT2D eigenvalue weighted by atomic mass is 16.2. The zero-order valence-electron chi connectivity index (χ0n) is 16.2. The lowest BCUT2D eigenvalue weighted by atomic mass is 10.1. The summed E-state index contributed by atoms with van der Waals surface area (Å²) >= 11 is 0. The Bertz CT molecular complexity index is 995. The highest BCUT2D eigenvalue weighted by molar-refractivity contribution is 6.35. The van der Waals surface area contributed by atoms with Crippen LogP contribution in [0.1, 0.15) is 28.9 Å². The Morgan fingerprint density at radius 1 is 1.00 bits per heavy atom. The van der Waals surface area contributed by atoms with Gasteiger partial charge in [-0.3, -0.25) is 19.0 Å². The number of H-pyrrole nitrogens is 1. The van der Waals surface area contributed by atoms with E-state index in [1.54, 1.807) is 35.4 Å². The number of rotatable bonds is 3. The lowest BCUT2D eigenvalue weighted by molar-refractivity contribution is -0.146. The van der Waals surface area contributed by atoms with Crippen molar-refractivity contribution in [3.8, 4) is 5.69 Å². The van der Waals surface area contributed by atoms with Crippen molar-refractivity contribution < 1.29 is 14.4 Å². The predicted octanol–water partition coefficient (Wildman–Crippen LogP) is 0.0370. The van der Waals surface area contributed by atoms with E-state index in [0.29, 0.717) is 37.4 Å². The van der Waals surface area contributed by atoms with Crippen molar-refractivity contribution in [2.24, 2.45) is 0 Å². The highest BCUT2D eigenvalue weighted by Crippen LogP contribution is 2.18. The highest BCUT2D eigenvalue weighted by Gasteiger charge is 2.31. The van der Waals surface area contributed by atoms with E-state index in [1.165, 1.54) is 9.47 Å². The maximum Gasteiger partial charge on any atom is 0.330 e. The van der Waals surface area contributed by atoms with Crippen LogP contribution in [0.3, 0.4) is 0 Å². The SMILES string of the molecule is Cc1c[nH]c(=O)n1-c1ccc(C(=O)N2CCN(C(=O)C(=O)NC3CC3)CC2)cc1. The van der Waals surface area contributed by atoms with Crippen molar-refractivity contribution in [1.29, 1.82) is 0 Å². The number of carbonyl (C=O) groups excluding carboxylic acids is 3. The molecule has 1 aromatic carbocycles. The molecule has 1 saturated carbocycles. The third-order valence-corrected chi connectivity index (χ3v) is 5.29. The molecule has 2 N–H and O–H groups in total. The minimum atomic E-state index is -0.557. The Morgan fingerprint density at radius 3 is 2.17 bits per heavy atom. The molecular formula is C20H23N5O4. The van der Waals surface area contributed by atoms with Gasteiger partial charge >= 0.3 is 17.5 Å². The van der Waals surface area contributed by atoms with Crippen molar-refractivity contribution in [2.45, 2.75) is 25.8 Å². The Kier molecular flexibility index (Phi) is 4.96. The Hall–Kier alpha value is -3.36. The molecular weight excluding hydrogens is 374 g/mol.